The average Bonchev–Trinajstić information content (AvgIpc) is 2.39. The predicted molar refractivity (Wildman–Crippen MR) is 78.3 cm³/mol. The van der Waals surface area contributed by atoms with Crippen molar-refractivity contribution in [3.05, 3.63) is 29.3 Å². The average molecular weight is 295 g/mol. The smallest absolute Gasteiger partial charge is 0.243 e. The molecule has 1 aromatic rings. The first-order valence-corrected chi connectivity index (χ1v) is 8.38. The van der Waals surface area contributed by atoms with E-state index < -0.39 is 10.0 Å². The summed E-state index contributed by atoms with van der Waals surface area (Å²) in [6.07, 6.45) is 1.79. The molecule has 0 amide bonds. The molecule has 1 heterocycles. The number of hydrogen-bond donors (Lipinski definition) is 0. The lowest BCUT2D eigenvalue weighted by Gasteiger charge is -2.30. The second-order valence-corrected chi connectivity index (χ2v) is 7.53. The summed E-state index contributed by atoms with van der Waals surface area (Å²) < 4.78 is 26.9. The van der Waals surface area contributed by atoms with Crippen molar-refractivity contribution in [2.24, 2.45) is 5.92 Å². The Bertz CT molecular complexity index is 614. The summed E-state index contributed by atoms with van der Waals surface area (Å²) in [5, 5.41) is 0. The number of rotatable bonds is 3. The normalized spacial score (nSPS) is 18.1. The molecular formula is C15H21NO3S. The number of piperidine rings is 1. The molecular weight excluding hydrogens is 274 g/mol. The van der Waals surface area contributed by atoms with Crippen LogP contribution in [0.1, 0.15) is 42.6 Å². The van der Waals surface area contributed by atoms with Gasteiger partial charge in [0.1, 0.15) is 0 Å². The molecule has 0 radical (unpaired) electrons. The number of sulfonamides is 1. The Labute approximate surface area is 120 Å². The van der Waals surface area contributed by atoms with E-state index in [4.69, 9.17) is 0 Å². The van der Waals surface area contributed by atoms with Gasteiger partial charge in [-0.15, -0.1) is 0 Å². The minimum atomic E-state index is -3.49. The number of carbonyl (C=O) groups excluding carboxylic acids is 1. The maximum atomic E-state index is 12.7. The maximum Gasteiger partial charge on any atom is 0.243 e. The van der Waals surface area contributed by atoms with E-state index >= 15 is 0 Å². The second-order valence-electron chi connectivity index (χ2n) is 5.62. The molecule has 0 aromatic heterocycles. The van der Waals surface area contributed by atoms with Crippen LogP contribution >= 0.6 is 0 Å². The quantitative estimate of drug-likeness (QED) is 0.805. The first-order chi connectivity index (χ1) is 9.32. The molecule has 20 heavy (non-hydrogen) atoms. The molecule has 1 aliphatic rings. The van der Waals surface area contributed by atoms with Gasteiger partial charge in [0.15, 0.2) is 5.78 Å². The van der Waals surface area contributed by atoms with Crippen molar-refractivity contribution in [2.45, 2.75) is 38.5 Å². The third-order valence-electron chi connectivity index (χ3n) is 3.96. The van der Waals surface area contributed by atoms with Gasteiger partial charge in [-0.3, -0.25) is 4.79 Å². The molecule has 0 spiro atoms. The van der Waals surface area contributed by atoms with Crippen LogP contribution in [0.2, 0.25) is 0 Å². The molecule has 110 valence electrons. The van der Waals surface area contributed by atoms with Crippen LogP contribution in [0.15, 0.2) is 23.1 Å². The fourth-order valence-corrected chi connectivity index (χ4v) is 4.18. The van der Waals surface area contributed by atoms with Gasteiger partial charge in [-0.25, -0.2) is 8.42 Å². The van der Waals surface area contributed by atoms with Gasteiger partial charge in [-0.2, -0.15) is 4.31 Å². The van der Waals surface area contributed by atoms with Gasteiger partial charge in [0, 0.05) is 18.7 Å². The lowest BCUT2D eigenvalue weighted by molar-refractivity contribution is 0.101. The summed E-state index contributed by atoms with van der Waals surface area (Å²) in [7, 11) is -3.49. The Balaban J connectivity index is 2.38. The van der Waals surface area contributed by atoms with Crippen LogP contribution in [-0.2, 0) is 10.0 Å². The molecule has 4 nitrogen and oxygen atoms in total. The minimum Gasteiger partial charge on any atom is -0.295 e. The molecule has 1 aromatic carbocycles. The molecule has 0 N–H and O–H groups in total. The SMILES string of the molecule is CC(=O)c1ccc(C)c(S(=O)(=O)N2CCC(C)CC2)c1. The van der Waals surface area contributed by atoms with Crippen LogP contribution in [0.5, 0.6) is 0 Å². The zero-order valence-electron chi connectivity index (χ0n) is 12.2. The summed E-state index contributed by atoms with van der Waals surface area (Å²) in [4.78, 5) is 11.7. The van der Waals surface area contributed by atoms with Crippen LogP contribution in [0, 0.1) is 12.8 Å². The minimum absolute atomic E-state index is 0.117. The Morgan fingerprint density at radius 2 is 1.85 bits per heavy atom. The van der Waals surface area contributed by atoms with Crippen molar-refractivity contribution in [2.75, 3.05) is 13.1 Å². The van der Waals surface area contributed by atoms with Crippen molar-refractivity contribution in [1.29, 1.82) is 0 Å². The third-order valence-corrected chi connectivity index (χ3v) is 6.00. The van der Waals surface area contributed by atoms with Gasteiger partial charge in [0.05, 0.1) is 4.90 Å². The molecule has 1 aliphatic heterocycles. The van der Waals surface area contributed by atoms with E-state index in [1.54, 1.807) is 23.4 Å². The second kappa shape index (κ2) is 5.66. The highest BCUT2D eigenvalue weighted by atomic mass is 32.2. The summed E-state index contributed by atoms with van der Waals surface area (Å²) in [5.74, 6) is 0.458. The molecule has 0 atom stereocenters. The molecule has 0 aliphatic carbocycles. The Hall–Kier alpha value is -1.20. The number of benzene rings is 1. The van der Waals surface area contributed by atoms with Crippen molar-refractivity contribution in [3.63, 3.8) is 0 Å². The van der Waals surface area contributed by atoms with Crippen molar-refractivity contribution >= 4 is 15.8 Å². The summed E-state index contributed by atoms with van der Waals surface area (Å²) >= 11 is 0. The summed E-state index contributed by atoms with van der Waals surface area (Å²) in [6, 6.07) is 4.89. The van der Waals surface area contributed by atoms with Gasteiger partial charge >= 0.3 is 0 Å². The Morgan fingerprint density at radius 1 is 1.25 bits per heavy atom. The van der Waals surface area contributed by atoms with Crippen LogP contribution in [0.3, 0.4) is 0 Å². The molecule has 5 heteroatoms. The molecule has 1 fully saturated rings. The van der Waals surface area contributed by atoms with Gasteiger partial charge in [-0.1, -0.05) is 19.1 Å². The zero-order valence-corrected chi connectivity index (χ0v) is 13.0. The number of Topliss-reactive ketones (excluding diaryl/α,β-unsaturated/α-hetero) is 1. The fraction of sp³-hybridized carbons (Fsp3) is 0.533. The molecule has 2 rings (SSSR count). The van der Waals surface area contributed by atoms with Crippen molar-refractivity contribution in [1.82, 2.24) is 4.31 Å². The van der Waals surface area contributed by atoms with Crippen molar-refractivity contribution < 1.29 is 13.2 Å². The van der Waals surface area contributed by atoms with E-state index in [1.165, 1.54) is 13.0 Å². The zero-order chi connectivity index (χ0) is 14.9. The van der Waals surface area contributed by atoms with E-state index in [1.807, 2.05) is 0 Å². The lowest BCUT2D eigenvalue weighted by atomic mass is 10.0. The van der Waals surface area contributed by atoms with E-state index in [0.717, 1.165) is 12.8 Å². The fourth-order valence-electron chi connectivity index (χ4n) is 2.46. The molecule has 1 saturated heterocycles. The Morgan fingerprint density at radius 3 is 2.40 bits per heavy atom. The summed E-state index contributed by atoms with van der Waals surface area (Å²) in [6.45, 7) is 6.49. The highest BCUT2D eigenvalue weighted by Gasteiger charge is 2.29. The topological polar surface area (TPSA) is 54.5 Å². The monoisotopic (exact) mass is 295 g/mol. The van der Waals surface area contributed by atoms with Gasteiger partial charge in [0.25, 0.3) is 0 Å². The first kappa shape index (κ1) is 15.2. The number of carbonyl (C=O) groups is 1. The van der Waals surface area contributed by atoms with Crippen molar-refractivity contribution in [3.8, 4) is 0 Å². The number of hydrogen-bond acceptors (Lipinski definition) is 3. The van der Waals surface area contributed by atoms with Gasteiger partial charge in [0.2, 0.25) is 10.0 Å². The standard InChI is InChI=1S/C15H21NO3S/c1-11-6-8-16(9-7-11)20(18,19)15-10-14(13(3)17)5-4-12(15)2/h4-5,10-11H,6-9H2,1-3H3. The molecule has 0 unspecified atom stereocenters. The van der Waals surface area contributed by atoms with Crippen LogP contribution in [0.25, 0.3) is 0 Å². The van der Waals surface area contributed by atoms with Gasteiger partial charge < -0.3 is 0 Å². The maximum absolute atomic E-state index is 12.7. The van der Waals surface area contributed by atoms with Gasteiger partial charge in [-0.05, 0) is 44.2 Å². The molecule has 0 bridgehead atoms. The molecule has 0 saturated carbocycles. The van der Waals surface area contributed by atoms with E-state index in [0.29, 0.717) is 30.1 Å². The largest absolute Gasteiger partial charge is 0.295 e. The number of ketones is 1. The predicted octanol–water partition coefficient (Wildman–Crippen LogP) is 2.62. The highest BCUT2D eigenvalue weighted by molar-refractivity contribution is 7.89. The van der Waals surface area contributed by atoms with E-state index in [9.17, 15) is 13.2 Å². The first-order valence-electron chi connectivity index (χ1n) is 6.94. The van der Waals surface area contributed by atoms with E-state index in [-0.39, 0.29) is 10.7 Å². The van der Waals surface area contributed by atoms with Crippen LogP contribution in [-0.4, -0.2) is 31.6 Å². The number of aryl methyl sites for hydroxylation is 1. The summed E-state index contributed by atoms with van der Waals surface area (Å²) in [5.41, 5.74) is 1.13. The van der Waals surface area contributed by atoms with Crippen LogP contribution in [0.4, 0.5) is 0 Å². The highest BCUT2D eigenvalue weighted by Crippen LogP contribution is 2.26. The van der Waals surface area contributed by atoms with E-state index in [2.05, 4.69) is 6.92 Å². The number of nitrogens with zero attached hydrogens (tertiary/aromatic N) is 1. The lowest BCUT2D eigenvalue weighted by Crippen LogP contribution is -2.38. The third kappa shape index (κ3) is 2.94. The van der Waals surface area contributed by atoms with Crippen LogP contribution < -0.4 is 0 Å². The Kier molecular flexibility index (Phi) is 4.30.